The third-order valence-corrected chi connectivity index (χ3v) is 8.61. The average Bonchev–Trinajstić information content (AvgIpc) is 3.32. The molecular formula is C37H50ClN5O8. The number of fused-ring (bicyclic) bond motifs is 1. The Morgan fingerprint density at radius 3 is 2.35 bits per heavy atom. The van der Waals surface area contributed by atoms with Crippen LogP contribution in [0.3, 0.4) is 0 Å². The molecule has 0 saturated carbocycles. The lowest BCUT2D eigenvalue weighted by Crippen LogP contribution is -2.52. The maximum Gasteiger partial charge on any atom is 0.407 e. The molecule has 1 fully saturated rings. The molecule has 0 spiro atoms. The first kappa shape index (κ1) is 39.6. The lowest BCUT2D eigenvalue weighted by Gasteiger charge is -2.30. The van der Waals surface area contributed by atoms with Gasteiger partial charge in [0.1, 0.15) is 11.6 Å². The molecule has 1 atom stereocenters. The van der Waals surface area contributed by atoms with Crippen LogP contribution in [-0.4, -0.2) is 77.3 Å². The predicted molar refractivity (Wildman–Crippen MR) is 192 cm³/mol. The fraction of sp³-hybridized carbons (Fsp3) is 0.541. The second kappa shape index (κ2) is 16.4. The van der Waals surface area contributed by atoms with Crippen LogP contribution >= 0.6 is 11.6 Å². The van der Waals surface area contributed by atoms with Gasteiger partial charge in [-0.3, -0.25) is 19.7 Å². The minimum absolute atomic E-state index is 0.190. The van der Waals surface area contributed by atoms with Gasteiger partial charge in [-0.1, -0.05) is 23.7 Å². The summed E-state index contributed by atoms with van der Waals surface area (Å²) in [6, 6.07) is 9.53. The van der Waals surface area contributed by atoms with Crippen LogP contribution in [0.15, 0.2) is 36.4 Å². The quantitative estimate of drug-likeness (QED) is 0.186. The number of halogens is 1. The third kappa shape index (κ3) is 12.2. The number of hydrogen-bond donors (Lipinski definition) is 4. The smallest absolute Gasteiger partial charge is 0.407 e. The van der Waals surface area contributed by atoms with Gasteiger partial charge in [-0.15, -0.1) is 0 Å². The fourth-order valence-electron chi connectivity index (χ4n) is 5.70. The van der Waals surface area contributed by atoms with Crippen molar-refractivity contribution in [1.29, 1.82) is 0 Å². The first-order valence-electron chi connectivity index (χ1n) is 17.1. The monoisotopic (exact) mass is 727 g/mol. The summed E-state index contributed by atoms with van der Waals surface area (Å²) in [5.74, 6) is -1.04. The molecular weight excluding hydrogens is 678 g/mol. The zero-order valence-corrected chi connectivity index (χ0v) is 31.3. The van der Waals surface area contributed by atoms with Crippen molar-refractivity contribution in [2.24, 2.45) is 0 Å². The van der Waals surface area contributed by atoms with Crippen LogP contribution in [0.2, 0.25) is 5.02 Å². The molecule has 4 N–H and O–H groups in total. The van der Waals surface area contributed by atoms with Crippen molar-refractivity contribution in [2.75, 3.05) is 25.1 Å². The molecule has 2 aliphatic rings. The summed E-state index contributed by atoms with van der Waals surface area (Å²) in [4.78, 5) is 63.1. The highest BCUT2D eigenvalue weighted by molar-refractivity contribution is 6.31. The van der Waals surface area contributed by atoms with Crippen LogP contribution in [0.25, 0.3) is 0 Å². The Morgan fingerprint density at radius 2 is 1.65 bits per heavy atom. The second-order valence-electron chi connectivity index (χ2n) is 15.1. The van der Waals surface area contributed by atoms with E-state index < -0.39 is 40.9 Å². The summed E-state index contributed by atoms with van der Waals surface area (Å²) in [6.45, 7) is 14.8. The molecule has 13 nitrogen and oxygen atoms in total. The van der Waals surface area contributed by atoms with Gasteiger partial charge in [0.05, 0.1) is 24.4 Å². The van der Waals surface area contributed by atoms with Crippen LogP contribution in [0.4, 0.5) is 15.3 Å². The molecule has 278 valence electrons. The predicted octanol–water partition coefficient (Wildman–Crippen LogP) is 5.47. The van der Waals surface area contributed by atoms with Crippen LogP contribution in [0.1, 0.15) is 94.8 Å². The second-order valence-corrected chi connectivity index (χ2v) is 15.6. The van der Waals surface area contributed by atoms with Crippen molar-refractivity contribution < 1.29 is 38.2 Å². The van der Waals surface area contributed by atoms with Gasteiger partial charge in [-0.25, -0.2) is 9.59 Å². The number of benzene rings is 2. The fourth-order valence-corrected chi connectivity index (χ4v) is 5.96. The molecule has 1 saturated heterocycles. The Bertz CT molecular complexity index is 1640. The van der Waals surface area contributed by atoms with E-state index in [2.05, 4.69) is 21.3 Å². The van der Waals surface area contributed by atoms with E-state index in [0.29, 0.717) is 55.3 Å². The molecule has 6 amide bonds. The summed E-state index contributed by atoms with van der Waals surface area (Å²) in [5.41, 5.74) is 1.85. The number of nitrogens with one attached hydrogen (secondary N) is 4. The summed E-state index contributed by atoms with van der Waals surface area (Å²) in [6.07, 6.45) is 1.19. The van der Waals surface area contributed by atoms with Crippen LogP contribution in [0, 0.1) is 0 Å². The lowest BCUT2D eigenvalue weighted by molar-refractivity contribution is -0.136. The largest absolute Gasteiger partial charge is 0.444 e. The van der Waals surface area contributed by atoms with Gasteiger partial charge in [-0.2, -0.15) is 0 Å². The Balaban J connectivity index is 1.20. The highest BCUT2D eigenvalue weighted by Gasteiger charge is 2.39. The zero-order valence-electron chi connectivity index (χ0n) is 30.5. The standard InChI is InChI=1S/C37H50ClN5O8/c1-35(2,3)51-34(48)40-22-37(6,7)50-15-13-36(4,5)49-14-12-23-17-26(38)19-27(18-23)41-33(47)39-20-24-8-9-28-25(16-24)21-43(32(28)46)29-10-11-30(44)42-31(29)45/h8-9,16-19,29H,10-15,20-22H2,1-7H3,(H,40,48)(H2,39,41,47)(H,42,44,45). The maximum atomic E-state index is 13.0. The van der Waals surface area contributed by atoms with Gasteiger partial charge >= 0.3 is 12.1 Å². The van der Waals surface area contributed by atoms with E-state index in [1.807, 2.05) is 66.7 Å². The first-order valence-corrected chi connectivity index (χ1v) is 17.5. The molecule has 51 heavy (non-hydrogen) atoms. The summed E-state index contributed by atoms with van der Waals surface area (Å²) >= 11 is 6.38. The van der Waals surface area contributed by atoms with Gasteiger partial charge in [0.25, 0.3) is 5.91 Å². The molecule has 4 rings (SSSR count). The van der Waals surface area contributed by atoms with Crippen molar-refractivity contribution >= 4 is 47.1 Å². The van der Waals surface area contributed by atoms with Gasteiger partial charge in [0.15, 0.2) is 0 Å². The Morgan fingerprint density at radius 1 is 0.922 bits per heavy atom. The number of imide groups is 1. The summed E-state index contributed by atoms with van der Waals surface area (Å²) in [7, 11) is 0. The number of piperidine rings is 1. The Kier molecular flexibility index (Phi) is 12.8. The molecule has 14 heteroatoms. The Labute approximate surface area is 304 Å². The SMILES string of the molecule is CC(C)(C)OC(=O)NCC(C)(C)OCCC(C)(C)OCCc1cc(Cl)cc(NC(=O)NCc2ccc3c(c2)CN(C2CCC(=O)NC2=O)C3=O)c1. The van der Waals surface area contributed by atoms with Crippen molar-refractivity contribution in [1.82, 2.24) is 20.9 Å². The molecule has 2 aromatic carbocycles. The number of ether oxygens (including phenoxy) is 3. The molecule has 2 aliphatic heterocycles. The van der Waals surface area contributed by atoms with Crippen LogP contribution < -0.4 is 21.3 Å². The number of nitrogens with zero attached hydrogens (tertiary/aromatic N) is 1. The van der Waals surface area contributed by atoms with E-state index in [0.717, 1.165) is 16.7 Å². The van der Waals surface area contributed by atoms with Crippen LogP contribution in [-0.2, 0) is 43.3 Å². The molecule has 0 bridgehead atoms. The normalized spacial score (nSPS) is 16.4. The molecule has 0 radical (unpaired) electrons. The number of amides is 6. The lowest BCUT2D eigenvalue weighted by atomic mass is 10.0. The molecule has 0 aliphatic carbocycles. The highest BCUT2D eigenvalue weighted by atomic mass is 35.5. The average molecular weight is 728 g/mol. The number of carbonyl (C=O) groups excluding carboxylic acids is 5. The first-order chi connectivity index (χ1) is 23.8. The molecule has 1 unspecified atom stereocenters. The summed E-state index contributed by atoms with van der Waals surface area (Å²) < 4.78 is 17.5. The van der Waals surface area contributed by atoms with Gasteiger partial charge in [-0.05, 0) is 109 Å². The van der Waals surface area contributed by atoms with E-state index >= 15 is 0 Å². The molecule has 2 aromatic rings. The van der Waals surface area contributed by atoms with Crippen molar-refractivity contribution in [2.45, 2.75) is 110 Å². The van der Waals surface area contributed by atoms with Gasteiger partial charge < -0.3 is 35.1 Å². The van der Waals surface area contributed by atoms with Gasteiger partial charge in [0.2, 0.25) is 11.8 Å². The van der Waals surface area contributed by atoms with E-state index in [9.17, 15) is 24.0 Å². The van der Waals surface area contributed by atoms with Crippen molar-refractivity contribution in [3.63, 3.8) is 0 Å². The number of alkyl carbamates (subject to hydrolysis) is 1. The Hall–Kier alpha value is -4.20. The minimum atomic E-state index is -0.685. The zero-order chi connectivity index (χ0) is 37.6. The summed E-state index contributed by atoms with van der Waals surface area (Å²) in [5, 5.41) is 11.2. The van der Waals surface area contributed by atoms with E-state index in [4.69, 9.17) is 25.8 Å². The maximum absolute atomic E-state index is 13.0. The van der Waals surface area contributed by atoms with Crippen molar-refractivity contribution in [3.8, 4) is 0 Å². The van der Waals surface area contributed by atoms with Gasteiger partial charge in [0, 0.05) is 42.3 Å². The number of urea groups is 1. The number of anilines is 1. The number of carbonyl (C=O) groups is 5. The minimum Gasteiger partial charge on any atom is -0.444 e. The topological polar surface area (TPSA) is 164 Å². The van der Waals surface area contributed by atoms with E-state index in [1.54, 1.807) is 18.2 Å². The van der Waals surface area contributed by atoms with E-state index in [1.165, 1.54) is 4.90 Å². The number of rotatable bonds is 14. The molecule has 0 aromatic heterocycles. The number of hydrogen-bond acceptors (Lipinski definition) is 8. The van der Waals surface area contributed by atoms with Crippen LogP contribution in [0.5, 0.6) is 0 Å². The van der Waals surface area contributed by atoms with E-state index in [-0.39, 0.29) is 31.3 Å². The highest BCUT2D eigenvalue weighted by Crippen LogP contribution is 2.28. The third-order valence-electron chi connectivity index (χ3n) is 8.39. The molecule has 2 heterocycles. The van der Waals surface area contributed by atoms with Crippen molar-refractivity contribution in [3.05, 3.63) is 63.7 Å².